The highest BCUT2D eigenvalue weighted by molar-refractivity contribution is 7.14. The van der Waals surface area contributed by atoms with Crippen molar-refractivity contribution in [2.24, 2.45) is 0 Å². The molecule has 1 aromatic heterocycles. The molecule has 0 aliphatic carbocycles. The van der Waals surface area contributed by atoms with Crippen LogP contribution >= 0.6 is 11.3 Å². The Morgan fingerprint density at radius 3 is 2.62 bits per heavy atom. The molecule has 0 atom stereocenters. The highest BCUT2D eigenvalue weighted by Gasteiger charge is 2.07. The van der Waals surface area contributed by atoms with Crippen LogP contribution in [0.5, 0.6) is 0 Å². The molecule has 2 nitrogen and oxygen atoms in total. The third-order valence-electron chi connectivity index (χ3n) is 2.24. The summed E-state index contributed by atoms with van der Waals surface area (Å²) in [5.74, 6) is -0.0382. The van der Waals surface area contributed by atoms with Crippen LogP contribution < -0.4 is 5.32 Å². The van der Waals surface area contributed by atoms with E-state index in [0.29, 0.717) is 0 Å². The zero-order valence-corrected chi connectivity index (χ0v) is 10.1. The van der Waals surface area contributed by atoms with Crippen molar-refractivity contribution < 1.29 is 4.79 Å². The predicted octanol–water partition coefficient (Wildman–Crippen LogP) is 3.62. The molecular weight excluding hydrogens is 218 g/mol. The van der Waals surface area contributed by atoms with Crippen LogP contribution in [0, 0.1) is 13.8 Å². The van der Waals surface area contributed by atoms with E-state index in [9.17, 15) is 4.79 Å². The number of carbonyl (C=O) groups is 1. The normalized spacial score (nSPS) is 10.1. The average Bonchev–Trinajstić information content (AvgIpc) is 2.65. The molecular formula is C13H13NOS. The predicted molar refractivity (Wildman–Crippen MR) is 68.2 cm³/mol. The van der Waals surface area contributed by atoms with Crippen molar-refractivity contribution in [3.63, 3.8) is 0 Å². The SMILES string of the molecule is Cc1cccc(NC(=O)c2ccc(C)s2)c1. The number of hydrogen-bond acceptors (Lipinski definition) is 2. The van der Waals surface area contributed by atoms with Crippen molar-refractivity contribution in [1.82, 2.24) is 0 Å². The van der Waals surface area contributed by atoms with Gasteiger partial charge in [0.1, 0.15) is 0 Å². The second-order valence-electron chi connectivity index (χ2n) is 3.73. The third kappa shape index (κ3) is 2.49. The van der Waals surface area contributed by atoms with Gasteiger partial charge in [-0.15, -0.1) is 11.3 Å². The number of thiophene rings is 1. The summed E-state index contributed by atoms with van der Waals surface area (Å²) in [5, 5.41) is 2.88. The smallest absolute Gasteiger partial charge is 0.265 e. The number of nitrogens with one attached hydrogen (secondary N) is 1. The molecule has 0 bridgehead atoms. The molecule has 0 aliphatic rings. The van der Waals surface area contributed by atoms with Crippen molar-refractivity contribution in [3.8, 4) is 0 Å². The highest BCUT2D eigenvalue weighted by atomic mass is 32.1. The van der Waals surface area contributed by atoms with Crippen molar-refractivity contribution in [2.45, 2.75) is 13.8 Å². The first-order chi connectivity index (χ1) is 7.65. The molecule has 0 saturated carbocycles. The Morgan fingerprint density at radius 1 is 1.19 bits per heavy atom. The minimum Gasteiger partial charge on any atom is -0.321 e. The van der Waals surface area contributed by atoms with Gasteiger partial charge < -0.3 is 5.32 Å². The Labute approximate surface area is 98.9 Å². The van der Waals surface area contributed by atoms with Crippen molar-refractivity contribution in [1.29, 1.82) is 0 Å². The molecule has 0 aliphatic heterocycles. The zero-order valence-electron chi connectivity index (χ0n) is 9.28. The van der Waals surface area contributed by atoms with Gasteiger partial charge in [-0.2, -0.15) is 0 Å². The Kier molecular flexibility index (Phi) is 3.06. The fourth-order valence-corrected chi connectivity index (χ4v) is 2.23. The molecule has 3 heteroatoms. The Hall–Kier alpha value is -1.61. The topological polar surface area (TPSA) is 29.1 Å². The molecule has 16 heavy (non-hydrogen) atoms. The third-order valence-corrected chi connectivity index (χ3v) is 3.24. The molecule has 82 valence electrons. The van der Waals surface area contributed by atoms with Gasteiger partial charge in [0, 0.05) is 10.6 Å². The van der Waals surface area contributed by atoms with E-state index in [1.807, 2.05) is 50.2 Å². The second kappa shape index (κ2) is 4.49. The fraction of sp³-hybridized carbons (Fsp3) is 0.154. The number of aryl methyl sites for hydroxylation is 2. The van der Waals surface area contributed by atoms with Gasteiger partial charge in [0.05, 0.1) is 4.88 Å². The Morgan fingerprint density at radius 2 is 2.00 bits per heavy atom. The summed E-state index contributed by atoms with van der Waals surface area (Å²) < 4.78 is 0. The molecule has 0 spiro atoms. The minimum atomic E-state index is -0.0382. The van der Waals surface area contributed by atoms with Crippen LogP contribution in [0.4, 0.5) is 5.69 Å². The molecule has 1 aromatic carbocycles. The Bertz CT molecular complexity index is 516. The largest absolute Gasteiger partial charge is 0.321 e. The zero-order chi connectivity index (χ0) is 11.5. The first-order valence-electron chi connectivity index (χ1n) is 5.09. The van der Waals surface area contributed by atoms with Crippen LogP contribution in [0.1, 0.15) is 20.1 Å². The lowest BCUT2D eigenvalue weighted by molar-refractivity contribution is 0.103. The lowest BCUT2D eigenvalue weighted by Crippen LogP contribution is -2.09. The number of anilines is 1. The average molecular weight is 231 g/mol. The van der Waals surface area contributed by atoms with E-state index in [1.165, 1.54) is 11.3 Å². The van der Waals surface area contributed by atoms with E-state index in [1.54, 1.807) is 0 Å². The summed E-state index contributed by atoms with van der Waals surface area (Å²) in [7, 11) is 0. The quantitative estimate of drug-likeness (QED) is 0.840. The number of benzene rings is 1. The Balaban J connectivity index is 2.13. The summed E-state index contributed by atoms with van der Waals surface area (Å²) in [6, 6.07) is 11.6. The van der Waals surface area contributed by atoms with Gasteiger partial charge in [-0.25, -0.2) is 0 Å². The number of carbonyl (C=O) groups excluding carboxylic acids is 1. The molecule has 2 rings (SSSR count). The van der Waals surface area contributed by atoms with Crippen LogP contribution in [0.3, 0.4) is 0 Å². The van der Waals surface area contributed by atoms with Crippen LogP contribution in [-0.4, -0.2) is 5.91 Å². The van der Waals surface area contributed by atoms with Crippen LogP contribution in [-0.2, 0) is 0 Å². The van der Waals surface area contributed by atoms with Gasteiger partial charge in [0.25, 0.3) is 5.91 Å². The van der Waals surface area contributed by atoms with Gasteiger partial charge in [0.2, 0.25) is 0 Å². The van der Waals surface area contributed by atoms with E-state index in [2.05, 4.69) is 5.32 Å². The summed E-state index contributed by atoms with van der Waals surface area (Å²) in [5.41, 5.74) is 1.98. The van der Waals surface area contributed by atoms with Gasteiger partial charge >= 0.3 is 0 Å². The maximum atomic E-state index is 11.8. The molecule has 0 unspecified atom stereocenters. The monoisotopic (exact) mass is 231 g/mol. The van der Waals surface area contributed by atoms with E-state index < -0.39 is 0 Å². The maximum absolute atomic E-state index is 11.8. The molecule has 1 heterocycles. The first-order valence-corrected chi connectivity index (χ1v) is 5.91. The summed E-state index contributed by atoms with van der Waals surface area (Å²) in [4.78, 5) is 13.7. The van der Waals surface area contributed by atoms with Gasteiger partial charge in [-0.3, -0.25) is 4.79 Å². The summed E-state index contributed by atoms with van der Waals surface area (Å²) in [6.45, 7) is 4.00. The van der Waals surface area contributed by atoms with E-state index in [4.69, 9.17) is 0 Å². The van der Waals surface area contributed by atoms with Crippen LogP contribution in [0.15, 0.2) is 36.4 Å². The van der Waals surface area contributed by atoms with Crippen molar-refractivity contribution in [3.05, 3.63) is 51.7 Å². The minimum absolute atomic E-state index is 0.0382. The van der Waals surface area contributed by atoms with Gasteiger partial charge in [0.15, 0.2) is 0 Å². The molecule has 0 saturated heterocycles. The number of amides is 1. The lowest BCUT2D eigenvalue weighted by atomic mass is 10.2. The molecule has 2 aromatic rings. The van der Waals surface area contributed by atoms with Crippen molar-refractivity contribution in [2.75, 3.05) is 5.32 Å². The lowest BCUT2D eigenvalue weighted by Gasteiger charge is -2.03. The van der Waals surface area contributed by atoms with Gasteiger partial charge in [-0.05, 0) is 43.7 Å². The summed E-state index contributed by atoms with van der Waals surface area (Å²) in [6.07, 6.45) is 0. The molecule has 1 N–H and O–H groups in total. The maximum Gasteiger partial charge on any atom is 0.265 e. The molecule has 0 fully saturated rings. The van der Waals surface area contributed by atoms with E-state index in [0.717, 1.165) is 21.0 Å². The second-order valence-corrected chi connectivity index (χ2v) is 5.02. The van der Waals surface area contributed by atoms with Crippen molar-refractivity contribution >= 4 is 22.9 Å². The van der Waals surface area contributed by atoms with E-state index in [-0.39, 0.29) is 5.91 Å². The van der Waals surface area contributed by atoms with Gasteiger partial charge in [-0.1, -0.05) is 12.1 Å². The summed E-state index contributed by atoms with van der Waals surface area (Å²) >= 11 is 1.51. The van der Waals surface area contributed by atoms with Crippen LogP contribution in [0.2, 0.25) is 0 Å². The molecule has 0 radical (unpaired) electrons. The van der Waals surface area contributed by atoms with E-state index >= 15 is 0 Å². The number of rotatable bonds is 2. The number of hydrogen-bond donors (Lipinski definition) is 1. The molecule has 1 amide bonds. The van der Waals surface area contributed by atoms with Crippen LogP contribution in [0.25, 0.3) is 0 Å². The highest BCUT2D eigenvalue weighted by Crippen LogP contribution is 2.17. The fourth-order valence-electron chi connectivity index (χ4n) is 1.47. The first kappa shape index (κ1) is 10.9. The standard InChI is InChI=1S/C13H13NOS/c1-9-4-3-5-11(8-9)14-13(15)12-7-6-10(2)16-12/h3-8H,1-2H3,(H,14,15).